The molecule has 1 aliphatic carbocycles. The monoisotopic (exact) mass is 409 g/mol. The fourth-order valence-corrected chi connectivity index (χ4v) is 6.07. The Morgan fingerprint density at radius 1 is 1.28 bits per heavy atom. The van der Waals surface area contributed by atoms with E-state index in [1.54, 1.807) is 23.2 Å². The largest absolute Gasteiger partial charge is 0.326 e. The summed E-state index contributed by atoms with van der Waals surface area (Å²) in [7, 11) is 0. The summed E-state index contributed by atoms with van der Waals surface area (Å²) in [5, 5.41) is 4.91. The highest BCUT2D eigenvalue weighted by atomic mass is 32.1. The second-order valence-electron chi connectivity index (χ2n) is 8.19. The topological polar surface area (TPSA) is 69.7 Å². The van der Waals surface area contributed by atoms with E-state index in [4.69, 9.17) is 0 Å². The Balaban J connectivity index is 1.47. The van der Waals surface area contributed by atoms with Gasteiger partial charge in [-0.25, -0.2) is 9.69 Å². The highest BCUT2D eigenvalue weighted by molar-refractivity contribution is 7.10. The molecule has 6 nitrogen and oxygen atoms in total. The lowest BCUT2D eigenvalue weighted by atomic mass is 9.80. The zero-order valence-electron chi connectivity index (χ0n) is 16.5. The lowest BCUT2D eigenvalue weighted by Gasteiger charge is -2.33. The molecule has 5 rings (SSSR count). The normalized spacial score (nSPS) is 26.5. The molecule has 1 aromatic carbocycles. The van der Waals surface area contributed by atoms with E-state index in [0.29, 0.717) is 6.42 Å². The summed E-state index contributed by atoms with van der Waals surface area (Å²) in [6.45, 7) is 3.65. The number of benzene rings is 1. The van der Waals surface area contributed by atoms with Gasteiger partial charge >= 0.3 is 6.03 Å². The maximum Gasteiger partial charge on any atom is 0.326 e. The van der Waals surface area contributed by atoms with Gasteiger partial charge in [-0.05, 0) is 62.6 Å². The zero-order chi connectivity index (χ0) is 20.3. The van der Waals surface area contributed by atoms with Crippen molar-refractivity contribution in [3.8, 4) is 0 Å². The average molecular weight is 410 g/mol. The molecule has 1 spiro atoms. The minimum atomic E-state index is -1.02. The highest BCUT2D eigenvalue weighted by Crippen LogP contribution is 2.43. The molecule has 0 bridgehead atoms. The second-order valence-corrected chi connectivity index (χ2v) is 9.19. The van der Waals surface area contributed by atoms with Crippen molar-refractivity contribution in [1.82, 2.24) is 10.2 Å². The van der Waals surface area contributed by atoms with Crippen LogP contribution in [0.3, 0.4) is 0 Å². The molecule has 150 valence electrons. The summed E-state index contributed by atoms with van der Waals surface area (Å²) in [6.07, 6.45) is 3.11. The maximum atomic E-state index is 13.5. The van der Waals surface area contributed by atoms with Crippen LogP contribution in [-0.2, 0) is 28.0 Å². The minimum Gasteiger partial charge on any atom is -0.319 e. The average Bonchev–Trinajstić information content (AvgIpc) is 3.37. The number of carbonyl (C=O) groups excluding carboxylic acids is 3. The van der Waals surface area contributed by atoms with Gasteiger partial charge in [0.15, 0.2) is 0 Å². The number of rotatable bonds is 2. The minimum absolute atomic E-state index is 0.00441. The molecule has 3 heterocycles. The Morgan fingerprint density at radius 2 is 2.07 bits per heavy atom. The van der Waals surface area contributed by atoms with E-state index in [2.05, 4.69) is 5.32 Å². The zero-order valence-corrected chi connectivity index (χ0v) is 17.3. The fourth-order valence-electron chi connectivity index (χ4n) is 5.07. The van der Waals surface area contributed by atoms with E-state index in [0.717, 1.165) is 45.9 Å². The van der Waals surface area contributed by atoms with Crippen molar-refractivity contribution in [2.24, 2.45) is 0 Å². The summed E-state index contributed by atoms with van der Waals surface area (Å²) < 4.78 is 0. The Kier molecular flexibility index (Phi) is 4.07. The number of hydrogen-bond acceptors (Lipinski definition) is 4. The molecule has 0 unspecified atom stereocenters. The number of carbonyl (C=O) groups is 3. The van der Waals surface area contributed by atoms with Crippen molar-refractivity contribution in [3.05, 3.63) is 51.7 Å². The molecule has 4 amide bonds. The lowest BCUT2D eigenvalue weighted by molar-refractivity contribution is -0.137. The standard InChI is InChI=1S/C22H23N3O3S/c1-13-12-15-6-3-4-7-17(15)24(13)19(26)14(2)25-20(27)22(23-21(25)28)10-5-8-18-16(22)9-11-29-18/h3-4,6-7,9,11,13-14H,5,8,10,12H2,1-2H3,(H,23,28)/t13-,14+,22+/m0/s1. The highest BCUT2D eigenvalue weighted by Gasteiger charge is 2.56. The van der Waals surface area contributed by atoms with Crippen LogP contribution in [0.15, 0.2) is 35.7 Å². The number of para-hydroxylation sites is 1. The van der Waals surface area contributed by atoms with E-state index < -0.39 is 17.6 Å². The summed E-state index contributed by atoms with van der Waals surface area (Å²) in [4.78, 5) is 43.9. The van der Waals surface area contributed by atoms with Gasteiger partial charge in [0.1, 0.15) is 11.6 Å². The second kappa shape index (κ2) is 6.42. The van der Waals surface area contributed by atoms with Gasteiger partial charge in [0.2, 0.25) is 5.91 Å². The number of nitrogens with zero attached hydrogens (tertiary/aromatic N) is 2. The summed E-state index contributed by atoms with van der Waals surface area (Å²) in [6, 6.07) is 8.41. The van der Waals surface area contributed by atoms with E-state index >= 15 is 0 Å². The van der Waals surface area contributed by atoms with Gasteiger partial charge in [0.25, 0.3) is 5.91 Å². The number of fused-ring (bicyclic) bond motifs is 3. The Hall–Kier alpha value is -2.67. The van der Waals surface area contributed by atoms with Crippen LogP contribution < -0.4 is 10.2 Å². The third kappa shape index (κ3) is 2.50. The fraction of sp³-hybridized carbons (Fsp3) is 0.409. The number of nitrogens with one attached hydrogen (secondary N) is 1. The quantitative estimate of drug-likeness (QED) is 0.775. The van der Waals surface area contributed by atoms with E-state index in [9.17, 15) is 14.4 Å². The molecular formula is C22H23N3O3S. The van der Waals surface area contributed by atoms with E-state index in [1.807, 2.05) is 42.6 Å². The first-order valence-corrected chi connectivity index (χ1v) is 11.0. The number of thiophene rings is 1. The number of aryl methyl sites for hydroxylation is 1. The molecule has 2 aliphatic heterocycles. The maximum absolute atomic E-state index is 13.5. The van der Waals surface area contributed by atoms with Gasteiger partial charge in [-0.3, -0.25) is 9.59 Å². The van der Waals surface area contributed by atoms with Crippen molar-refractivity contribution < 1.29 is 14.4 Å². The third-order valence-corrected chi connectivity index (χ3v) is 7.45. The van der Waals surface area contributed by atoms with Gasteiger partial charge in [-0.2, -0.15) is 0 Å². The Morgan fingerprint density at radius 3 is 2.90 bits per heavy atom. The van der Waals surface area contributed by atoms with E-state index in [1.165, 1.54) is 0 Å². The van der Waals surface area contributed by atoms with Crippen molar-refractivity contribution >= 4 is 34.9 Å². The number of amides is 4. The smallest absolute Gasteiger partial charge is 0.319 e. The van der Waals surface area contributed by atoms with Gasteiger partial charge < -0.3 is 10.2 Å². The first-order valence-electron chi connectivity index (χ1n) is 10.1. The van der Waals surface area contributed by atoms with Crippen molar-refractivity contribution in [3.63, 3.8) is 0 Å². The van der Waals surface area contributed by atoms with Gasteiger partial charge in [0.05, 0.1) is 0 Å². The predicted molar refractivity (Wildman–Crippen MR) is 111 cm³/mol. The van der Waals surface area contributed by atoms with Crippen LogP contribution in [0.2, 0.25) is 0 Å². The number of imide groups is 1. The molecular weight excluding hydrogens is 386 g/mol. The van der Waals surface area contributed by atoms with Crippen LogP contribution >= 0.6 is 11.3 Å². The van der Waals surface area contributed by atoms with Crippen LogP contribution in [0, 0.1) is 0 Å². The van der Waals surface area contributed by atoms with Crippen LogP contribution in [0.25, 0.3) is 0 Å². The first-order chi connectivity index (χ1) is 13.9. The lowest BCUT2D eigenvalue weighted by Crippen LogP contribution is -2.52. The molecule has 0 saturated carbocycles. The van der Waals surface area contributed by atoms with Gasteiger partial charge in [-0.15, -0.1) is 11.3 Å². The molecule has 1 aromatic heterocycles. The van der Waals surface area contributed by atoms with Crippen molar-refractivity contribution in [1.29, 1.82) is 0 Å². The Labute approximate surface area is 173 Å². The SMILES string of the molecule is C[C@H](C(=O)N1c2ccccc2C[C@@H]1C)N1C(=O)N[C@@]2(CCCc3sccc32)C1=O. The molecule has 3 aliphatic rings. The number of urea groups is 1. The molecule has 29 heavy (non-hydrogen) atoms. The van der Waals surface area contributed by atoms with Gasteiger partial charge in [0, 0.05) is 22.2 Å². The first kappa shape index (κ1) is 18.4. The molecule has 0 radical (unpaired) electrons. The summed E-state index contributed by atoms with van der Waals surface area (Å²) in [5.41, 5.74) is 1.86. The molecule has 1 N–H and O–H groups in total. The van der Waals surface area contributed by atoms with Crippen LogP contribution in [0.1, 0.15) is 42.7 Å². The van der Waals surface area contributed by atoms with Crippen LogP contribution in [-0.4, -0.2) is 34.8 Å². The summed E-state index contributed by atoms with van der Waals surface area (Å²) in [5.74, 6) is -0.521. The van der Waals surface area contributed by atoms with Gasteiger partial charge in [-0.1, -0.05) is 18.2 Å². The molecule has 1 saturated heterocycles. The Bertz CT molecular complexity index is 1030. The molecule has 7 heteroatoms. The van der Waals surface area contributed by atoms with Crippen LogP contribution in [0.5, 0.6) is 0 Å². The van der Waals surface area contributed by atoms with Crippen LogP contribution in [0.4, 0.5) is 10.5 Å². The number of hydrogen-bond donors (Lipinski definition) is 1. The predicted octanol–water partition coefficient (Wildman–Crippen LogP) is 3.20. The molecule has 2 aromatic rings. The van der Waals surface area contributed by atoms with Crippen molar-refractivity contribution in [2.45, 2.75) is 57.2 Å². The summed E-state index contributed by atoms with van der Waals surface area (Å²) >= 11 is 1.62. The molecule has 1 fully saturated rings. The third-order valence-electron chi connectivity index (χ3n) is 6.47. The number of anilines is 1. The van der Waals surface area contributed by atoms with E-state index in [-0.39, 0.29) is 17.9 Å². The van der Waals surface area contributed by atoms with Crippen molar-refractivity contribution in [2.75, 3.05) is 4.90 Å². The molecule has 3 atom stereocenters.